The first-order chi connectivity index (χ1) is 31.6. The molecule has 2 aromatic heterocycles. The van der Waals surface area contributed by atoms with Crippen molar-refractivity contribution in [3.05, 3.63) is 111 Å². The molecular weight excluding hydrogens is 888 g/mol. The summed E-state index contributed by atoms with van der Waals surface area (Å²) in [6, 6.07) is 18.4. The number of nitro benzene ring substituents is 1. The molecule has 346 valence electrons. The lowest BCUT2D eigenvalue weighted by molar-refractivity contribution is -0.384. The number of rotatable bonds is 11. The Balaban J connectivity index is 0.935. The van der Waals surface area contributed by atoms with E-state index >= 15 is 0 Å². The van der Waals surface area contributed by atoms with Gasteiger partial charge in [-0.05, 0) is 91.0 Å². The molecule has 3 aliphatic heterocycles. The summed E-state index contributed by atoms with van der Waals surface area (Å²) in [5, 5.41) is 26.4. The molecule has 1 aliphatic carbocycles. The van der Waals surface area contributed by atoms with Gasteiger partial charge in [0.25, 0.3) is 21.6 Å². The van der Waals surface area contributed by atoms with Gasteiger partial charge in [-0.2, -0.15) is 0 Å². The molecular formula is C47H51ClN8O9S. The Bertz CT molecular complexity index is 2830. The number of amides is 2. The van der Waals surface area contributed by atoms with E-state index < -0.39 is 37.5 Å². The summed E-state index contributed by atoms with van der Waals surface area (Å²) in [5.74, 6) is -0.687. The molecule has 2 fully saturated rings. The van der Waals surface area contributed by atoms with Gasteiger partial charge in [0.1, 0.15) is 23.8 Å². The number of carbonyl (C=O) groups excluding carboxylic acids is 1. The van der Waals surface area contributed by atoms with Gasteiger partial charge in [-0.1, -0.05) is 43.2 Å². The lowest BCUT2D eigenvalue weighted by Gasteiger charge is -2.39. The zero-order valence-electron chi connectivity index (χ0n) is 36.6. The van der Waals surface area contributed by atoms with Crippen LogP contribution in [-0.4, -0.2) is 109 Å². The number of H-pyrrole nitrogens is 1. The molecule has 3 aromatic carbocycles. The van der Waals surface area contributed by atoms with E-state index in [0.717, 1.165) is 67.1 Å². The van der Waals surface area contributed by atoms with Crippen LogP contribution >= 0.6 is 11.6 Å². The molecule has 5 heterocycles. The summed E-state index contributed by atoms with van der Waals surface area (Å²) in [6.07, 6.45) is 6.45. The lowest BCUT2D eigenvalue weighted by Crippen LogP contribution is -2.47. The lowest BCUT2D eigenvalue weighted by atomic mass is 9.72. The molecule has 0 spiro atoms. The van der Waals surface area contributed by atoms with Crippen molar-refractivity contribution in [3.63, 3.8) is 0 Å². The number of aromatic nitrogens is 2. The maximum absolute atomic E-state index is 14.1. The number of allylic oxidation sites excluding steroid dienone is 1. The molecule has 4 N–H and O–H groups in total. The number of likely N-dealkylation sites (tertiary alicyclic amines) is 1. The van der Waals surface area contributed by atoms with E-state index in [1.807, 2.05) is 18.2 Å². The van der Waals surface area contributed by atoms with Gasteiger partial charge in [0, 0.05) is 86.3 Å². The molecule has 0 radical (unpaired) electrons. The minimum atomic E-state index is -4.71. The Labute approximate surface area is 386 Å². The number of benzene rings is 3. The standard InChI is InChI=1S/C47H51ClN8O9S/c1-47(2)13-9-32(38(25-47)29-3-5-33(48)6-4-29)27-53-17-19-54(20-18-53)34-7-8-37(41(22-34)65-35-21-31-10-14-49-44(31)50-26-35)45(57)52-66(62,63)36-23-40(56(60)61)43-42(24-36)64-28-39(51-43)30-11-15-55(16-12-30)46(58)59/h3-8,10,14,21-24,26,30,39,51H,9,11-13,15-20,25,27-28H2,1-2H3,(H,49,50)(H,52,57)(H,58,59)/t39-/m1/s1. The monoisotopic (exact) mass is 938 g/mol. The van der Waals surface area contributed by atoms with E-state index in [0.29, 0.717) is 50.4 Å². The van der Waals surface area contributed by atoms with Gasteiger partial charge in [-0.3, -0.25) is 19.8 Å². The Morgan fingerprint density at radius 1 is 1.03 bits per heavy atom. The predicted octanol–water partition coefficient (Wildman–Crippen LogP) is 8.38. The van der Waals surface area contributed by atoms with Crippen LogP contribution in [0.3, 0.4) is 0 Å². The third-order valence-corrected chi connectivity index (χ3v) is 14.8. The number of sulfonamides is 1. The molecule has 19 heteroatoms. The number of fused-ring (bicyclic) bond motifs is 2. The Hall–Kier alpha value is -6.37. The number of aromatic amines is 1. The molecule has 0 unspecified atom stereocenters. The Morgan fingerprint density at radius 3 is 2.52 bits per heavy atom. The highest BCUT2D eigenvalue weighted by atomic mass is 35.5. The van der Waals surface area contributed by atoms with Crippen LogP contribution in [0, 0.1) is 21.4 Å². The fourth-order valence-electron chi connectivity index (χ4n) is 9.50. The zero-order chi connectivity index (χ0) is 46.3. The third kappa shape index (κ3) is 9.62. The Morgan fingerprint density at radius 2 is 1.79 bits per heavy atom. The van der Waals surface area contributed by atoms with Crippen LogP contribution in [0.1, 0.15) is 61.9 Å². The van der Waals surface area contributed by atoms with E-state index in [-0.39, 0.29) is 46.7 Å². The maximum atomic E-state index is 14.1. The van der Waals surface area contributed by atoms with Crippen LogP contribution < -0.4 is 24.4 Å². The summed E-state index contributed by atoms with van der Waals surface area (Å²) >= 11 is 6.24. The smallest absolute Gasteiger partial charge is 0.407 e. The molecule has 2 saturated heterocycles. The molecule has 9 rings (SSSR count). The van der Waals surface area contributed by atoms with Crippen LogP contribution in [-0.2, 0) is 10.0 Å². The largest absolute Gasteiger partial charge is 0.489 e. The maximum Gasteiger partial charge on any atom is 0.407 e. The van der Waals surface area contributed by atoms with Crippen molar-refractivity contribution in [2.75, 3.05) is 62.6 Å². The number of hydrogen-bond acceptors (Lipinski definition) is 12. The molecule has 1 atom stereocenters. The molecule has 0 saturated carbocycles. The predicted molar refractivity (Wildman–Crippen MR) is 250 cm³/mol. The van der Waals surface area contributed by atoms with Crippen molar-refractivity contribution < 1.29 is 37.5 Å². The van der Waals surface area contributed by atoms with Crippen LogP contribution in [0.4, 0.5) is 21.9 Å². The van der Waals surface area contributed by atoms with Crippen molar-refractivity contribution in [1.29, 1.82) is 0 Å². The fourth-order valence-corrected chi connectivity index (χ4v) is 10.6. The number of carbonyl (C=O) groups is 2. The van der Waals surface area contributed by atoms with E-state index in [1.54, 1.807) is 24.4 Å². The van der Waals surface area contributed by atoms with Crippen molar-refractivity contribution in [3.8, 4) is 17.2 Å². The number of carboxylic acid groups (broad SMARTS) is 1. The summed E-state index contributed by atoms with van der Waals surface area (Å²) in [7, 11) is -4.71. The quantitative estimate of drug-likeness (QED) is 0.0725. The number of nitrogens with zero attached hydrogens (tertiary/aromatic N) is 5. The van der Waals surface area contributed by atoms with Gasteiger partial charge >= 0.3 is 6.09 Å². The van der Waals surface area contributed by atoms with Gasteiger partial charge in [0.05, 0.1) is 27.6 Å². The number of nitrogens with one attached hydrogen (secondary N) is 3. The molecule has 66 heavy (non-hydrogen) atoms. The van der Waals surface area contributed by atoms with E-state index in [9.17, 15) is 33.2 Å². The van der Waals surface area contributed by atoms with E-state index in [4.69, 9.17) is 21.1 Å². The number of piperidine rings is 1. The molecule has 2 amide bonds. The third-order valence-electron chi connectivity index (χ3n) is 13.3. The number of nitro groups is 1. The average Bonchev–Trinajstić information content (AvgIpc) is 3.77. The molecule has 4 aliphatic rings. The second kappa shape index (κ2) is 18.1. The highest BCUT2D eigenvalue weighted by molar-refractivity contribution is 7.90. The van der Waals surface area contributed by atoms with Crippen LogP contribution in [0.25, 0.3) is 16.6 Å². The summed E-state index contributed by atoms with van der Waals surface area (Å²) < 4.78 is 42.2. The van der Waals surface area contributed by atoms with Crippen LogP contribution in [0.5, 0.6) is 17.2 Å². The zero-order valence-corrected chi connectivity index (χ0v) is 38.2. The Kier molecular flexibility index (Phi) is 12.3. The molecule has 5 aromatic rings. The summed E-state index contributed by atoms with van der Waals surface area (Å²) in [5.41, 5.74) is 5.08. The average molecular weight is 939 g/mol. The van der Waals surface area contributed by atoms with Crippen molar-refractivity contribution >= 4 is 67.3 Å². The fraction of sp³-hybridized carbons (Fsp3) is 0.383. The van der Waals surface area contributed by atoms with E-state index in [1.165, 1.54) is 33.9 Å². The molecule has 17 nitrogen and oxygen atoms in total. The topological polar surface area (TPSA) is 213 Å². The van der Waals surface area contributed by atoms with E-state index in [2.05, 4.69) is 55.8 Å². The number of anilines is 2. The van der Waals surface area contributed by atoms with Gasteiger partial charge in [0.2, 0.25) is 0 Å². The van der Waals surface area contributed by atoms with Crippen molar-refractivity contribution in [2.45, 2.75) is 56.9 Å². The second-order valence-electron chi connectivity index (χ2n) is 18.2. The first kappa shape index (κ1) is 44.8. The SMILES string of the molecule is CC1(C)CCC(CN2CCN(c3ccc(C(=O)NS(=O)(=O)c4cc5c(c([N+](=O)[O-])c4)N[C@@H](C4CCN(C(=O)O)CC4)CO5)c(Oc4cnc5[nH]ccc5c4)c3)CC2)=C(c2ccc(Cl)cc2)C1. The highest BCUT2D eigenvalue weighted by Gasteiger charge is 2.37. The van der Waals surface area contributed by atoms with Crippen molar-refractivity contribution in [2.24, 2.45) is 11.3 Å². The summed E-state index contributed by atoms with van der Waals surface area (Å²) in [4.78, 5) is 50.1. The number of pyridine rings is 1. The van der Waals surface area contributed by atoms with Gasteiger partial charge in [-0.25, -0.2) is 22.9 Å². The minimum absolute atomic E-state index is 0.0140. The van der Waals surface area contributed by atoms with Crippen LogP contribution in [0.15, 0.2) is 89.6 Å². The number of ether oxygens (including phenoxy) is 2. The first-order valence-corrected chi connectivity index (χ1v) is 23.9. The minimum Gasteiger partial charge on any atom is -0.489 e. The van der Waals surface area contributed by atoms with Gasteiger partial charge in [0.15, 0.2) is 11.4 Å². The van der Waals surface area contributed by atoms with Gasteiger partial charge < -0.3 is 34.7 Å². The first-order valence-electron chi connectivity index (χ1n) is 22.1. The summed E-state index contributed by atoms with van der Waals surface area (Å²) in [6.45, 7) is 9.22. The highest BCUT2D eigenvalue weighted by Crippen LogP contribution is 2.44. The number of piperazine rings is 1. The normalized spacial score (nSPS) is 19.2. The number of halogens is 1. The molecule has 0 bridgehead atoms. The number of hydrogen-bond donors (Lipinski definition) is 4. The van der Waals surface area contributed by atoms with Gasteiger partial charge in [-0.15, -0.1) is 0 Å². The van der Waals surface area contributed by atoms with Crippen LogP contribution in [0.2, 0.25) is 5.02 Å². The second-order valence-corrected chi connectivity index (χ2v) is 20.4. The van der Waals surface area contributed by atoms with Crippen molar-refractivity contribution in [1.82, 2.24) is 24.5 Å².